The highest BCUT2D eigenvalue weighted by molar-refractivity contribution is 8.00. The summed E-state index contributed by atoms with van der Waals surface area (Å²) in [5.74, 6) is -0.105. The predicted molar refractivity (Wildman–Crippen MR) is 122 cm³/mol. The Morgan fingerprint density at radius 1 is 1.27 bits per heavy atom. The molecule has 1 atom stereocenters. The van der Waals surface area contributed by atoms with Gasteiger partial charge in [0.15, 0.2) is 5.16 Å². The van der Waals surface area contributed by atoms with Gasteiger partial charge in [0.05, 0.1) is 22.3 Å². The van der Waals surface area contributed by atoms with E-state index in [1.165, 1.54) is 11.8 Å². The first-order valence-electron chi connectivity index (χ1n) is 10.1. The average molecular weight is 456 g/mol. The number of hydrogen-bond acceptors (Lipinski definition) is 6. The third-order valence-electron chi connectivity index (χ3n) is 4.34. The number of methoxy groups -OCH3 is 1. The highest BCUT2D eigenvalue weighted by Crippen LogP contribution is 2.24. The first-order chi connectivity index (χ1) is 14.3. The standard InChI is InChI=1S/C21H30ClN3O4S/c1-14(2)29-12-6-10-25-20(27)17-8-7-16(22)13-18(17)24-21(25)30-15(3)19(26)23-9-5-11-28-4/h7-8,13-15H,5-6,9-12H2,1-4H3,(H,23,26). The number of nitrogens with zero attached hydrogens (tertiary/aromatic N) is 2. The zero-order valence-electron chi connectivity index (χ0n) is 17.9. The quantitative estimate of drug-likeness (QED) is 0.299. The van der Waals surface area contributed by atoms with Crippen LogP contribution in [-0.4, -0.2) is 53.7 Å². The number of hydrogen-bond donors (Lipinski definition) is 1. The fraction of sp³-hybridized carbons (Fsp3) is 0.571. The molecule has 2 rings (SSSR count). The van der Waals surface area contributed by atoms with Gasteiger partial charge in [-0.1, -0.05) is 23.4 Å². The minimum Gasteiger partial charge on any atom is -0.385 e. The fourth-order valence-corrected chi connectivity index (χ4v) is 3.91. The third-order valence-corrected chi connectivity index (χ3v) is 5.66. The molecule has 0 aliphatic rings. The second kappa shape index (κ2) is 12.3. The van der Waals surface area contributed by atoms with Crippen molar-refractivity contribution < 1.29 is 14.3 Å². The van der Waals surface area contributed by atoms with Crippen molar-refractivity contribution in [3.63, 3.8) is 0 Å². The average Bonchev–Trinajstić information content (AvgIpc) is 2.69. The van der Waals surface area contributed by atoms with Crippen molar-refractivity contribution in [2.75, 3.05) is 26.9 Å². The molecule has 0 fully saturated rings. The van der Waals surface area contributed by atoms with E-state index in [2.05, 4.69) is 10.3 Å². The van der Waals surface area contributed by atoms with Crippen LogP contribution in [0.5, 0.6) is 0 Å². The zero-order chi connectivity index (χ0) is 22.1. The Bertz CT molecular complexity index is 904. The van der Waals surface area contributed by atoms with Gasteiger partial charge in [-0.3, -0.25) is 14.2 Å². The Kier molecular flexibility index (Phi) is 10.1. The van der Waals surface area contributed by atoms with Crippen LogP contribution in [0.2, 0.25) is 5.02 Å². The Morgan fingerprint density at radius 2 is 2.03 bits per heavy atom. The zero-order valence-corrected chi connectivity index (χ0v) is 19.5. The summed E-state index contributed by atoms with van der Waals surface area (Å²) in [7, 11) is 1.63. The maximum Gasteiger partial charge on any atom is 0.262 e. The molecule has 0 bridgehead atoms. The van der Waals surface area contributed by atoms with Crippen LogP contribution in [0.25, 0.3) is 10.9 Å². The van der Waals surface area contributed by atoms with E-state index in [-0.39, 0.29) is 17.6 Å². The van der Waals surface area contributed by atoms with Crippen LogP contribution < -0.4 is 10.9 Å². The molecule has 1 aromatic carbocycles. The number of carbonyl (C=O) groups is 1. The van der Waals surface area contributed by atoms with Crippen LogP contribution >= 0.6 is 23.4 Å². The van der Waals surface area contributed by atoms with Gasteiger partial charge in [0.2, 0.25) is 5.91 Å². The van der Waals surface area contributed by atoms with Crippen molar-refractivity contribution in [3.8, 4) is 0 Å². The number of amides is 1. The largest absolute Gasteiger partial charge is 0.385 e. The van der Waals surface area contributed by atoms with E-state index < -0.39 is 5.25 Å². The van der Waals surface area contributed by atoms with E-state index in [1.54, 1.807) is 36.8 Å². The van der Waals surface area contributed by atoms with E-state index in [1.807, 2.05) is 13.8 Å². The third kappa shape index (κ3) is 7.27. The molecule has 9 heteroatoms. The molecule has 2 aromatic rings. The van der Waals surface area contributed by atoms with Crippen molar-refractivity contribution in [2.24, 2.45) is 0 Å². The normalized spacial score (nSPS) is 12.5. The van der Waals surface area contributed by atoms with Gasteiger partial charge in [-0.15, -0.1) is 0 Å². The first-order valence-corrected chi connectivity index (χ1v) is 11.3. The SMILES string of the molecule is COCCCNC(=O)C(C)Sc1nc2cc(Cl)ccc2c(=O)n1CCCOC(C)C. The molecule has 0 aliphatic carbocycles. The number of benzene rings is 1. The first kappa shape index (κ1) is 24.7. The van der Waals surface area contributed by atoms with Crippen LogP contribution in [0.3, 0.4) is 0 Å². The molecule has 30 heavy (non-hydrogen) atoms. The second-order valence-electron chi connectivity index (χ2n) is 7.18. The van der Waals surface area contributed by atoms with Gasteiger partial charge in [-0.05, 0) is 51.8 Å². The van der Waals surface area contributed by atoms with E-state index in [0.29, 0.717) is 53.8 Å². The number of nitrogens with one attached hydrogen (secondary N) is 1. The summed E-state index contributed by atoms with van der Waals surface area (Å²) in [4.78, 5) is 30.2. The lowest BCUT2D eigenvalue weighted by Gasteiger charge is -2.17. The monoisotopic (exact) mass is 455 g/mol. The van der Waals surface area contributed by atoms with Crippen molar-refractivity contribution in [1.82, 2.24) is 14.9 Å². The number of ether oxygens (including phenoxy) is 2. The maximum atomic E-state index is 13.1. The molecular formula is C21H30ClN3O4S. The van der Waals surface area contributed by atoms with Gasteiger partial charge in [0.25, 0.3) is 5.56 Å². The van der Waals surface area contributed by atoms with Crippen LogP contribution in [-0.2, 0) is 20.8 Å². The highest BCUT2D eigenvalue weighted by Gasteiger charge is 2.19. The fourth-order valence-electron chi connectivity index (χ4n) is 2.79. The van der Waals surface area contributed by atoms with Crippen LogP contribution in [0.1, 0.15) is 33.6 Å². The molecule has 166 valence electrons. The smallest absolute Gasteiger partial charge is 0.262 e. The van der Waals surface area contributed by atoms with Crippen LogP contribution in [0, 0.1) is 0 Å². The lowest BCUT2D eigenvalue weighted by Crippen LogP contribution is -2.33. The molecule has 1 heterocycles. The molecule has 0 spiro atoms. The van der Waals surface area contributed by atoms with Crippen molar-refractivity contribution >= 4 is 40.2 Å². The molecule has 0 aliphatic heterocycles. The van der Waals surface area contributed by atoms with Gasteiger partial charge >= 0.3 is 0 Å². The molecule has 1 aromatic heterocycles. The number of fused-ring (bicyclic) bond motifs is 1. The molecule has 0 saturated heterocycles. The number of rotatable bonds is 12. The summed E-state index contributed by atoms with van der Waals surface area (Å²) in [6, 6.07) is 5.04. The minimum absolute atomic E-state index is 0.105. The van der Waals surface area contributed by atoms with Gasteiger partial charge in [0, 0.05) is 38.4 Å². The van der Waals surface area contributed by atoms with Gasteiger partial charge in [-0.25, -0.2) is 4.98 Å². The van der Waals surface area contributed by atoms with Crippen molar-refractivity contribution in [3.05, 3.63) is 33.6 Å². The Balaban J connectivity index is 2.22. The van der Waals surface area contributed by atoms with Crippen LogP contribution in [0.4, 0.5) is 0 Å². The van der Waals surface area contributed by atoms with Crippen LogP contribution in [0.15, 0.2) is 28.2 Å². The summed E-state index contributed by atoms with van der Waals surface area (Å²) in [6.45, 7) is 7.88. The van der Waals surface area contributed by atoms with Gasteiger partial charge in [0.1, 0.15) is 0 Å². The lowest BCUT2D eigenvalue weighted by atomic mass is 10.2. The predicted octanol–water partition coefficient (Wildman–Crippen LogP) is 3.50. The second-order valence-corrected chi connectivity index (χ2v) is 8.93. The highest BCUT2D eigenvalue weighted by atomic mass is 35.5. The van der Waals surface area contributed by atoms with E-state index in [9.17, 15) is 9.59 Å². The van der Waals surface area contributed by atoms with Crippen molar-refractivity contribution in [1.29, 1.82) is 0 Å². The Hall–Kier alpha value is -1.61. The van der Waals surface area contributed by atoms with E-state index in [4.69, 9.17) is 21.1 Å². The number of thioether (sulfide) groups is 1. The number of halogens is 1. The molecular weight excluding hydrogens is 426 g/mol. The molecule has 7 nitrogen and oxygen atoms in total. The topological polar surface area (TPSA) is 82.5 Å². The Labute approximate surface area is 186 Å². The number of aromatic nitrogens is 2. The lowest BCUT2D eigenvalue weighted by molar-refractivity contribution is -0.120. The maximum absolute atomic E-state index is 13.1. The molecule has 1 amide bonds. The summed E-state index contributed by atoms with van der Waals surface area (Å²) < 4.78 is 12.2. The number of carbonyl (C=O) groups excluding carboxylic acids is 1. The summed E-state index contributed by atoms with van der Waals surface area (Å²) in [6.07, 6.45) is 1.55. The molecule has 1 N–H and O–H groups in total. The molecule has 0 saturated carbocycles. The van der Waals surface area contributed by atoms with E-state index in [0.717, 1.165) is 6.42 Å². The Morgan fingerprint density at radius 3 is 2.73 bits per heavy atom. The van der Waals surface area contributed by atoms with E-state index >= 15 is 0 Å². The van der Waals surface area contributed by atoms with Gasteiger partial charge in [-0.2, -0.15) is 0 Å². The summed E-state index contributed by atoms with van der Waals surface area (Å²) in [5.41, 5.74) is 0.383. The molecule has 0 radical (unpaired) electrons. The summed E-state index contributed by atoms with van der Waals surface area (Å²) >= 11 is 7.35. The molecule has 1 unspecified atom stereocenters. The van der Waals surface area contributed by atoms with Crippen molar-refractivity contribution in [2.45, 2.75) is 56.7 Å². The minimum atomic E-state index is -0.408. The van der Waals surface area contributed by atoms with Gasteiger partial charge < -0.3 is 14.8 Å². The summed E-state index contributed by atoms with van der Waals surface area (Å²) in [5, 5.41) is 3.99.